The van der Waals surface area contributed by atoms with E-state index in [1.54, 1.807) is 0 Å². The highest BCUT2D eigenvalue weighted by atomic mass is 32.1. The Balaban J connectivity index is 2.02. The molecule has 0 saturated carbocycles. The van der Waals surface area contributed by atoms with E-state index in [1.807, 2.05) is 4.90 Å². The smallest absolute Gasteiger partial charge is 0.355 e. The van der Waals surface area contributed by atoms with E-state index >= 15 is 0 Å². The average molecular weight is 270 g/mol. The Hall–Kier alpha value is -1.47. The van der Waals surface area contributed by atoms with E-state index in [0.717, 1.165) is 13.0 Å². The molecule has 1 saturated heterocycles. The summed E-state index contributed by atoms with van der Waals surface area (Å²) in [5.41, 5.74) is 1.59. The summed E-state index contributed by atoms with van der Waals surface area (Å²) in [7, 11) is 0. The van der Waals surface area contributed by atoms with Gasteiger partial charge in [0.2, 0.25) is 0 Å². The van der Waals surface area contributed by atoms with Crippen LogP contribution in [0.4, 0.5) is 0 Å². The minimum atomic E-state index is -1.03. The maximum absolute atomic E-state index is 10.9. The zero-order valence-corrected chi connectivity index (χ0v) is 10.5. The molecule has 1 aromatic rings. The van der Waals surface area contributed by atoms with Crippen molar-refractivity contribution in [2.45, 2.75) is 19.4 Å². The molecule has 1 fully saturated rings. The number of aromatic carboxylic acids is 1. The van der Waals surface area contributed by atoms with Gasteiger partial charge in [0, 0.05) is 13.1 Å². The number of thiazole rings is 1. The fourth-order valence-corrected chi connectivity index (χ4v) is 2.96. The molecule has 18 heavy (non-hydrogen) atoms. The molecule has 7 heteroatoms. The number of aromatic nitrogens is 1. The first kappa shape index (κ1) is 13.0. The fraction of sp³-hybridized carbons (Fsp3) is 0.545. The summed E-state index contributed by atoms with van der Waals surface area (Å²) >= 11 is 1.30. The van der Waals surface area contributed by atoms with Crippen LogP contribution < -0.4 is 0 Å². The minimum Gasteiger partial charge on any atom is -0.481 e. The summed E-state index contributed by atoms with van der Waals surface area (Å²) in [6.07, 6.45) is 1.53. The van der Waals surface area contributed by atoms with Crippen molar-refractivity contribution in [1.29, 1.82) is 0 Å². The topological polar surface area (TPSA) is 90.7 Å². The van der Waals surface area contributed by atoms with Gasteiger partial charge in [0.15, 0.2) is 5.69 Å². The standard InChI is InChI=1S/C11H14N2O4S/c14-10(15)7-2-1-3-13(4-7)5-8-9(11(16)17)12-6-18-8/h6-7H,1-5H2,(H,14,15)(H,16,17). The molecule has 0 amide bonds. The number of hydrogen-bond acceptors (Lipinski definition) is 5. The van der Waals surface area contributed by atoms with Crippen molar-refractivity contribution in [3.63, 3.8) is 0 Å². The van der Waals surface area contributed by atoms with Crippen molar-refractivity contribution in [1.82, 2.24) is 9.88 Å². The third-order valence-corrected chi connectivity index (χ3v) is 3.88. The van der Waals surface area contributed by atoms with Crippen molar-refractivity contribution in [3.8, 4) is 0 Å². The number of piperidine rings is 1. The third-order valence-electron chi connectivity index (χ3n) is 3.07. The molecule has 1 atom stereocenters. The zero-order chi connectivity index (χ0) is 13.1. The van der Waals surface area contributed by atoms with Crippen LogP contribution in [0.2, 0.25) is 0 Å². The predicted octanol–water partition coefficient (Wildman–Crippen LogP) is 1.14. The number of carbonyl (C=O) groups is 2. The zero-order valence-electron chi connectivity index (χ0n) is 9.70. The van der Waals surface area contributed by atoms with Crippen LogP contribution >= 0.6 is 11.3 Å². The van der Waals surface area contributed by atoms with Crippen molar-refractivity contribution in [2.75, 3.05) is 13.1 Å². The lowest BCUT2D eigenvalue weighted by Crippen LogP contribution is -2.38. The van der Waals surface area contributed by atoms with Crippen LogP contribution in [0.3, 0.4) is 0 Å². The lowest BCUT2D eigenvalue weighted by Gasteiger charge is -2.30. The normalized spacial score (nSPS) is 20.8. The molecule has 0 aliphatic carbocycles. The van der Waals surface area contributed by atoms with Gasteiger partial charge in [0.05, 0.1) is 16.3 Å². The summed E-state index contributed by atoms with van der Waals surface area (Å²) in [6, 6.07) is 0. The van der Waals surface area contributed by atoms with Crippen LogP contribution in [0, 0.1) is 5.92 Å². The molecule has 0 spiro atoms. The molecule has 2 N–H and O–H groups in total. The Morgan fingerprint density at radius 3 is 2.94 bits per heavy atom. The van der Waals surface area contributed by atoms with E-state index in [4.69, 9.17) is 10.2 Å². The summed E-state index contributed by atoms with van der Waals surface area (Å²) < 4.78 is 0. The SMILES string of the molecule is O=C(O)c1ncsc1CN1CCCC(C(=O)O)C1. The first-order valence-corrected chi connectivity index (χ1v) is 6.56. The largest absolute Gasteiger partial charge is 0.481 e. The van der Waals surface area contributed by atoms with Crippen LogP contribution in [0.1, 0.15) is 28.2 Å². The summed E-state index contributed by atoms with van der Waals surface area (Å²) in [6.45, 7) is 1.75. The van der Waals surface area contributed by atoms with Gasteiger partial charge in [-0.2, -0.15) is 0 Å². The van der Waals surface area contributed by atoms with Gasteiger partial charge in [-0.1, -0.05) is 0 Å². The van der Waals surface area contributed by atoms with Crippen LogP contribution in [0.15, 0.2) is 5.51 Å². The van der Waals surface area contributed by atoms with Gasteiger partial charge in [0.1, 0.15) is 0 Å². The lowest BCUT2D eigenvalue weighted by molar-refractivity contribution is -0.143. The van der Waals surface area contributed by atoms with Gasteiger partial charge < -0.3 is 10.2 Å². The molecule has 98 valence electrons. The molecule has 6 nitrogen and oxygen atoms in total. The van der Waals surface area contributed by atoms with E-state index in [-0.39, 0.29) is 11.6 Å². The van der Waals surface area contributed by atoms with E-state index in [1.165, 1.54) is 16.8 Å². The number of hydrogen-bond donors (Lipinski definition) is 2. The molecule has 1 aromatic heterocycles. The van der Waals surface area contributed by atoms with Crippen molar-refractivity contribution < 1.29 is 19.8 Å². The van der Waals surface area contributed by atoms with Gasteiger partial charge in [0.25, 0.3) is 0 Å². The quantitative estimate of drug-likeness (QED) is 0.852. The maximum atomic E-state index is 10.9. The Kier molecular flexibility index (Phi) is 3.93. The molecular formula is C11H14N2O4S. The van der Waals surface area contributed by atoms with Crippen LogP contribution in [-0.2, 0) is 11.3 Å². The maximum Gasteiger partial charge on any atom is 0.355 e. The Morgan fingerprint density at radius 1 is 1.50 bits per heavy atom. The van der Waals surface area contributed by atoms with Crippen LogP contribution in [0.25, 0.3) is 0 Å². The Bertz CT molecular complexity index is 460. The highest BCUT2D eigenvalue weighted by Crippen LogP contribution is 2.22. The summed E-state index contributed by atoms with van der Waals surface area (Å²) in [5, 5.41) is 18.0. The second-order valence-electron chi connectivity index (χ2n) is 4.34. The van der Waals surface area contributed by atoms with E-state index in [9.17, 15) is 9.59 Å². The summed E-state index contributed by atoms with van der Waals surface area (Å²) in [5.74, 6) is -2.15. The van der Waals surface area contributed by atoms with Crippen molar-refractivity contribution >= 4 is 23.3 Å². The molecule has 1 unspecified atom stereocenters. The number of carboxylic acids is 2. The number of nitrogens with zero attached hydrogens (tertiary/aromatic N) is 2. The van der Waals surface area contributed by atoms with E-state index in [0.29, 0.717) is 24.4 Å². The number of likely N-dealkylation sites (tertiary alicyclic amines) is 1. The molecule has 1 aliphatic rings. The molecule has 0 aromatic carbocycles. The molecule has 1 aliphatic heterocycles. The molecular weight excluding hydrogens is 256 g/mol. The fourth-order valence-electron chi connectivity index (χ4n) is 2.16. The van der Waals surface area contributed by atoms with Crippen LogP contribution in [-0.4, -0.2) is 45.1 Å². The minimum absolute atomic E-state index is 0.0810. The van der Waals surface area contributed by atoms with Gasteiger partial charge >= 0.3 is 11.9 Å². The first-order valence-electron chi connectivity index (χ1n) is 5.68. The highest BCUT2D eigenvalue weighted by Gasteiger charge is 2.26. The molecule has 2 rings (SSSR count). The van der Waals surface area contributed by atoms with Gasteiger partial charge in [-0.05, 0) is 19.4 Å². The number of rotatable bonds is 4. The third kappa shape index (κ3) is 2.85. The number of carboxylic acid groups (broad SMARTS) is 2. The lowest BCUT2D eigenvalue weighted by atomic mass is 9.98. The van der Waals surface area contributed by atoms with Crippen molar-refractivity contribution in [2.24, 2.45) is 5.92 Å². The van der Waals surface area contributed by atoms with E-state index < -0.39 is 11.9 Å². The average Bonchev–Trinajstić information content (AvgIpc) is 2.77. The first-order chi connectivity index (χ1) is 8.58. The number of aliphatic carboxylic acids is 1. The monoisotopic (exact) mass is 270 g/mol. The Morgan fingerprint density at radius 2 is 2.28 bits per heavy atom. The summed E-state index contributed by atoms with van der Waals surface area (Å²) in [4.78, 5) is 28.4. The van der Waals surface area contributed by atoms with Gasteiger partial charge in [-0.25, -0.2) is 9.78 Å². The second-order valence-corrected chi connectivity index (χ2v) is 5.28. The predicted molar refractivity (Wildman–Crippen MR) is 64.7 cm³/mol. The molecule has 2 heterocycles. The molecule has 0 bridgehead atoms. The Labute approximate surface area is 108 Å². The van der Waals surface area contributed by atoms with E-state index in [2.05, 4.69) is 4.98 Å². The highest BCUT2D eigenvalue weighted by molar-refractivity contribution is 7.09. The van der Waals surface area contributed by atoms with Gasteiger partial charge in [-0.3, -0.25) is 9.69 Å². The van der Waals surface area contributed by atoms with Crippen molar-refractivity contribution in [3.05, 3.63) is 16.1 Å². The van der Waals surface area contributed by atoms with Gasteiger partial charge in [-0.15, -0.1) is 11.3 Å². The second kappa shape index (κ2) is 5.45. The van der Waals surface area contributed by atoms with Crippen LogP contribution in [0.5, 0.6) is 0 Å². The molecule has 0 radical (unpaired) electrons.